The number of carboxylic acids is 1. The van der Waals surface area contributed by atoms with Crippen LogP contribution in [0.1, 0.15) is 216 Å². The van der Waals surface area contributed by atoms with Crippen LogP contribution in [-0.2, 0) is 41.5 Å². The topological polar surface area (TPSA) is 234 Å². The van der Waals surface area contributed by atoms with E-state index in [-0.39, 0.29) is 95.2 Å². The minimum Gasteiger partial charge on any atom is -0.481 e. The first-order valence-corrected chi connectivity index (χ1v) is 40.4. The van der Waals surface area contributed by atoms with Gasteiger partial charge in [0.25, 0.3) is 0 Å². The summed E-state index contributed by atoms with van der Waals surface area (Å²) < 4.78 is 42.3. The Morgan fingerprint density at radius 3 is 1.26 bits per heavy atom. The van der Waals surface area contributed by atoms with Crippen molar-refractivity contribution in [2.75, 3.05) is 89.2 Å². The number of nitrogens with one attached hydrogen (secondary N) is 3. The second-order valence-corrected chi connectivity index (χ2v) is 36.6. The molecular weight excluding hydrogens is 1400 g/mol. The number of carboxylic acid groups (broad SMARTS) is 1. The van der Waals surface area contributed by atoms with Gasteiger partial charge in [-0.2, -0.15) is 0 Å². The highest BCUT2D eigenvalue weighted by Gasteiger charge is 2.47. The van der Waals surface area contributed by atoms with Gasteiger partial charge >= 0.3 is 30.2 Å². The van der Waals surface area contributed by atoms with E-state index in [0.29, 0.717) is 115 Å². The number of piperidine rings is 4. The zero-order chi connectivity index (χ0) is 77.3. The van der Waals surface area contributed by atoms with Gasteiger partial charge in [0, 0.05) is 95.3 Å². The van der Waals surface area contributed by atoms with Crippen molar-refractivity contribution >= 4 is 82.8 Å². The van der Waals surface area contributed by atoms with Gasteiger partial charge in [0.1, 0.15) is 33.6 Å². The predicted octanol–water partition coefficient (Wildman–Crippen LogP) is 15.4. The number of amides is 9. The maximum absolute atomic E-state index is 15.9. The molecule has 584 valence electrons. The average Bonchev–Trinajstić information content (AvgIpc) is 1.67. The number of para-hydroxylation sites is 2. The molecule has 0 bridgehead atoms. The fourth-order valence-corrected chi connectivity index (χ4v) is 18.5. The van der Waals surface area contributed by atoms with Crippen LogP contribution < -0.4 is 16.0 Å². The zero-order valence-electron chi connectivity index (χ0n) is 64.8. The maximum Gasteiger partial charge on any atom is 0.410 e. The SMILES string of the molecule is CC(C)(C)CCN1C(=O)[C@H](CC(=O)N2CCC(N3CCc4ccccc4NC3=O)CC2)SC1c1cccc(F)c1C1CCN(C(=O)OC(C)(C)C)CC1.CC(C)(C)CCN1C(=O)[C@H](CC(=O)O)SC1c1cccc(F)c1C1CCN(C(=O)OC(C)(C)C)CC1.O=C1Nc2ccccc2CCN1C1CCNCC1. The van der Waals surface area contributed by atoms with E-state index in [1.807, 2.05) is 116 Å². The molecular formula is C82H114F2N10O11S2. The monoisotopic (exact) mass is 1520 g/mol. The molecule has 6 saturated heterocycles. The van der Waals surface area contributed by atoms with E-state index in [1.165, 1.54) is 41.2 Å². The first-order valence-electron chi connectivity index (χ1n) is 38.5. The molecule has 8 heterocycles. The smallest absolute Gasteiger partial charge is 0.410 e. The Kier molecular flexibility index (Phi) is 27.1. The first kappa shape index (κ1) is 81.9. The van der Waals surface area contributed by atoms with Gasteiger partial charge in [-0.1, -0.05) is 102 Å². The number of benzene rings is 4. The Hall–Kier alpha value is -7.64. The number of fused-ring (bicyclic) bond motifs is 2. The number of likely N-dealkylation sites (tertiary alicyclic amines) is 3. The number of urea groups is 2. The summed E-state index contributed by atoms with van der Waals surface area (Å²) in [6.07, 6.45) is 8.15. The van der Waals surface area contributed by atoms with Crippen LogP contribution in [-0.4, -0.2) is 200 Å². The Bertz CT molecular complexity index is 3810. The maximum atomic E-state index is 15.9. The number of aliphatic carboxylic acids is 1. The van der Waals surface area contributed by atoms with Crippen molar-refractivity contribution in [3.8, 4) is 0 Å². The minimum absolute atomic E-state index is 0.0142. The third-order valence-corrected chi connectivity index (χ3v) is 24.2. The van der Waals surface area contributed by atoms with Gasteiger partial charge in [0.15, 0.2) is 0 Å². The molecule has 0 aliphatic carbocycles. The van der Waals surface area contributed by atoms with Gasteiger partial charge in [-0.25, -0.2) is 28.0 Å². The molecule has 2 unspecified atom stereocenters. The summed E-state index contributed by atoms with van der Waals surface area (Å²) in [6, 6.07) is 26.4. The molecule has 107 heavy (non-hydrogen) atoms. The van der Waals surface area contributed by atoms with Gasteiger partial charge in [-0.3, -0.25) is 19.2 Å². The van der Waals surface area contributed by atoms with Crippen LogP contribution in [0.5, 0.6) is 0 Å². The molecule has 8 aliphatic heterocycles. The van der Waals surface area contributed by atoms with E-state index in [4.69, 9.17) is 9.47 Å². The Balaban J connectivity index is 0.000000193. The number of hydrogen-bond acceptors (Lipinski definition) is 13. The number of carbonyl (C=O) groups is 8. The van der Waals surface area contributed by atoms with Crippen molar-refractivity contribution in [3.63, 3.8) is 0 Å². The van der Waals surface area contributed by atoms with Crippen molar-refractivity contribution in [2.24, 2.45) is 10.8 Å². The zero-order valence-corrected chi connectivity index (χ0v) is 66.5. The highest BCUT2D eigenvalue weighted by molar-refractivity contribution is 8.01. The number of hydrogen-bond donors (Lipinski definition) is 4. The molecule has 0 aromatic heterocycles. The first-order chi connectivity index (χ1) is 50.6. The molecule has 9 amide bonds. The molecule has 4 aromatic carbocycles. The summed E-state index contributed by atoms with van der Waals surface area (Å²) in [6.45, 7) is 31.1. The highest BCUT2D eigenvalue weighted by Crippen LogP contribution is 2.51. The third kappa shape index (κ3) is 21.9. The normalized spacial score (nSPS) is 21.8. The predicted molar refractivity (Wildman–Crippen MR) is 416 cm³/mol. The van der Waals surface area contributed by atoms with E-state index in [9.17, 15) is 43.5 Å². The lowest BCUT2D eigenvalue weighted by atomic mass is 9.85. The van der Waals surface area contributed by atoms with Crippen LogP contribution >= 0.6 is 23.5 Å². The van der Waals surface area contributed by atoms with Gasteiger partial charge in [-0.05, 0) is 212 Å². The van der Waals surface area contributed by atoms with E-state index in [1.54, 1.807) is 26.8 Å². The highest BCUT2D eigenvalue weighted by atomic mass is 32.2. The number of halogens is 2. The lowest BCUT2D eigenvalue weighted by Gasteiger charge is -2.38. The molecule has 8 aliphatic rings. The second kappa shape index (κ2) is 35.4. The summed E-state index contributed by atoms with van der Waals surface area (Å²) in [5.74, 6) is -2.22. The molecule has 4 N–H and O–H groups in total. The van der Waals surface area contributed by atoms with Crippen LogP contribution in [0.3, 0.4) is 0 Å². The third-order valence-electron chi connectivity index (χ3n) is 21.3. The summed E-state index contributed by atoms with van der Waals surface area (Å²) >= 11 is 2.76. The standard InChI is InChI=1S/C41H56FN5O5S.C27H39FN2O5S.C14H19N3O/c1-40(2,3)19-25-47-36(49)33(26-34(48)44-22-17-29(18-23-44)46-24-16-27-10-7-8-13-32(27)43-38(46)50)53-37(47)30-11-9-12-31(42)35(30)28-14-20-45(21-15-28)39(51)52-41(4,5)6;1-26(2,3)12-15-30-23(33)20(16-21(31)32)36-24(30)18-8-7-9-19(28)22(18)17-10-13-29(14-11-17)25(34)35-27(4,5)6;18-14-16-13-4-2-1-3-11(13)7-10-17(14)12-5-8-15-9-6-12/h7-13,28-29,33,37H,14-26H2,1-6H3,(H,43,50);7-9,17,20,24H,10-16H2,1-6H3,(H,31,32);1-4,12,15H,5-10H2,(H,16,18)/t33-,37?;20-,24?;/m00./s1. The Labute approximate surface area is 640 Å². The van der Waals surface area contributed by atoms with Crippen LogP contribution in [0, 0.1) is 22.5 Å². The van der Waals surface area contributed by atoms with Crippen LogP contribution in [0.4, 0.5) is 39.3 Å². The summed E-state index contributed by atoms with van der Waals surface area (Å²) in [4.78, 5) is 116. The molecule has 0 saturated carbocycles. The fraction of sp³-hybridized carbons (Fsp3) is 0.610. The van der Waals surface area contributed by atoms with E-state index in [0.717, 1.165) is 86.2 Å². The second-order valence-electron chi connectivity index (χ2n) is 34.1. The van der Waals surface area contributed by atoms with Gasteiger partial charge in [0.05, 0.1) is 16.9 Å². The van der Waals surface area contributed by atoms with Crippen molar-refractivity contribution in [1.82, 2.24) is 39.6 Å². The number of nitrogens with zero attached hydrogens (tertiary/aromatic N) is 7. The summed E-state index contributed by atoms with van der Waals surface area (Å²) in [7, 11) is 0. The minimum atomic E-state index is -1.02. The Morgan fingerprint density at radius 2 is 0.869 bits per heavy atom. The van der Waals surface area contributed by atoms with Crippen molar-refractivity contribution in [1.29, 1.82) is 0 Å². The average molecular weight is 1520 g/mol. The van der Waals surface area contributed by atoms with Gasteiger partial charge in [-0.15, -0.1) is 23.5 Å². The molecule has 0 radical (unpaired) electrons. The number of anilines is 2. The Morgan fingerprint density at radius 1 is 0.486 bits per heavy atom. The van der Waals surface area contributed by atoms with E-state index in [2.05, 4.69) is 63.6 Å². The van der Waals surface area contributed by atoms with E-state index >= 15 is 8.78 Å². The molecule has 12 rings (SSSR count). The number of ether oxygens (including phenoxy) is 2. The molecule has 4 atom stereocenters. The number of thioether (sulfide) groups is 2. The van der Waals surface area contributed by atoms with E-state index < -0.39 is 38.4 Å². The lowest BCUT2D eigenvalue weighted by Crippen LogP contribution is -2.50. The van der Waals surface area contributed by atoms with Crippen molar-refractivity contribution in [3.05, 3.63) is 130 Å². The number of rotatable bonds is 14. The molecule has 0 spiro atoms. The molecule has 6 fully saturated rings. The quantitative estimate of drug-likeness (QED) is 0.0920. The lowest BCUT2D eigenvalue weighted by molar-refractivity contribution is -0.140. The van der Waals surface area contributed by atoms with Crippen molar-refractivity contribution in [2.45, 2.75) is 229 Å². The molecule has 25 heteroatoms. The number of carbonyl (C=O) groups excluding carboxylic acids is 7. The van der Waals surface area contributed by atoms with Crippen LogP contribution in [0.25, 0.3) is 0 Å². The van der Waals surface area contributed by atoms with Gasteiger partial charge < -0.3 is 64.8 Å². The summed E-state index contributed by atoms with van der Waals surface area (Å²) in [5, 5.41) is 16.6. The van der Waals surface area contributed by atoms with Gasteiger partial charge in [0.2, 0.25) is 17.7 Å². The fourth-order valence-electron chi connectivity index (χ4n) is 15.5. The largest absolute Gasteiger partial charge is 0.481 e. The molecule has 21 nitrogen and oxygen atoms in total. The molecule has 4 aromatic rings. The van der Waals surface area contributed by atoms with Crippen LogP contribution in [0.15, 0.2) is 84.9 Å². The van der Waals surface area contributed by atoms with Crippen molar-refractivity contribution < 1.29 is 61.7 Å². The summed E-state index contributed by atoms with van der Waals surface area (Å²) in [5.41, 5.74) is 5.66. The van der Waals surface area contributed by atoms with Crippen LogP contribution in [0.2, 0.25) is 0 Å².